The maximum absolute atomic E-state index is 12.5. The lowest BCUT2D eigenvalue weighted by molar-refractivity contribution is -0.133. The molecule has 1 aliphatic rings. The van der Waals surface area contributed by atoms with Gasteiger partial charge in [0.15, 0.2) is 0 Å². The SMILES string of the molecule is CN(C)C(=O)C1CCCN1CCCNS(=O)(=O)c1c(Cl)cc(Br)cc1Cl. The van der Waals surface area contributed by atoms with Crippen LogP contribution in [0.5, 0.6) is 0 Å². The summed E-state index contributed by atoms with van der Waals surface area (Å²) < 4.78 is 28.1. The topological polar surface area (TPSA) is 69.7 Å². The number of amides is 1. The Labute approximate surface area is 173 Å². The summed E-state index contributed by atoms with van der Waals surface area (Å²) in [5.41, 5.74) is 0. The molecule has 0 aliphatic carbocycles. The maximum atomic E-state index is 12.5. The Morgan fingerprint density at radius 1 is 1.35 bits per heavy atom. The van der Waals surface area contributed by atoms with Crippen molar-refractivity contribution < 1.29 is 13.2 Å². The minimum Gasteiger partial charge on any atom is -0.347 e. The fraction of sp³-hybridized carbons (Fsp3) is 0.562. The average Bonchev–Trinajstić information content (AvgIpc) is 2.97. The third-order valence-corrected chi connectivity index (χ3v) is 7.08. The van der Waals surface area contributed by atoms with E-state index in [1.54, 1.807) is 19.0 Å². The second-order valence-electron chi connectivity index (χ2n) is 6.38. The van der Waals surface area contributed by atoms with E-state index in [0.717, 1.165) is 19.4 Å². The Hall–Kier alpha value is -0.380. The third kappa shape index (κ3) is 5.33. The number of benzene rings is 1. The van der Waals surface area contributed by atoms with Gasteiger partial charge in [0.25, 0.3) is 0 Å². The van der Waals surface area contributed by atoms with E-state index in [1.165, 1.54) is 12.1 Å². The summed E-state index contributed by atoms with van der Waals surface area (Å²) in [4.78, 5) is 15.8. The van der Waals surface area contributed by atoms with Gasteiger partial charge in [-0.15, -0.1) is 0 Å². The van der Waals surface area contributed by atoms with Crippen LogP contribution in [0.4, 0.5) is 0 Å². The number of hydrogen-bond donors (Lipinski definition) is 1. The minimum absolute atomic E-state index is 0.0630. The van der Waals surface area contributed by atoms with Gasteiger partial charge in [0.05, 0.1) is 16.1 Å². The van der Waals surface area contributed by atoms with Crippen molar-refractivity contribution in [1.29, 1.82) is 0 Å². The zero-order valence-corrected chi connectivity index (χ0v) is 18.6. The van der Waals surface area contributed by atoms with Gasteiger partial charge >= 0.3 is 0 Å². The molecule has 1 aromatic rings. The number of nitrogens with zero attached hydrogens (tertiary/aromatic N) is 2. The molecule has 0 spiro atoms. The van der Waals surface area contributed by atoms with Crippen LogP contribution >= 0.6 is 39.1 Å². The van der Waals surface area contributed by atoms with Crippen LogP contribution in [-0.2, 0) is 14.8 Å². The molecule has 10 heteroatoms. The fourth-order valence-corrected chi connectivity index (χ4v) is 6.02. The van der Waals surface area contributed by atoms with Crippen LogP contribution in [0.15, 0.2) is 21.5 Å². The van der Waals surface area contributed by atoms with Crippen molar-refractivity contribution in [2.75, 3.05) is 33.7 Å². The molecule has 6 nitrogen and oxygen atoms in total. The Bertz CT molecular complexity index is 751. The summed E-state index contributed by atoms with van der Waals surface area (Å²) in [6.07, 6.45) is 2.40. The lowest BCUT2D eigenvalue weighted by Gasteiger charge is -2.26. The molecule has 1 aromatic carbocycles. The second kappa shape index (κ2) is 9.21. The summed E-state index contributed by atoms with van der Waals surface area (Å²) >= 11 is 15.3. The van der Waals surface area contributed by atoms with Gasteiger partial charge < -0.3 is 4.90 Å². The van der Waals surface area contributed by atoms with Crippen molar-refractivity contribution in [3.63, 3.8) is 0 Å². The fourth-order valence-electron chi connectivity index (χ4n) is 3.02. The molecule has 1 saturated heterocycles. The van der Waals surface area contributed by atoms with E-state index < -0.39 is 10.0 Å². The molecule has 1 aliphatic heterocycles. The Morgan fingerprint density at radius 2 is 1.96 bits per heavy atom. The first kappa shape index (κ1) is 21.9. The Kier molecular flexibility index (Phi) is 7.76. The van der Waals surface area contributed by atoms with Crippen molar-refractivity contribution in [2.45, 2.75) is 30.2 Å². The number of carbonyl (C=O) groups is 1. The number of sulfonamides is 1. The number of hydrogen-bond acceptors (Lipinski definition) is 4. The van der Waals surface area contributed by atoms with Crippen LogP contribution in [0.25, 0.3) is 0 Å². The summed E-state index contributed by atoms with van der Waals surface area (Å²) in [5, 5.41) is 0.126. The molecule has 1 amide bonds. The highest BCUT2D eigenvalue weighted by atomic mass is 79.9. The first-order chi connectivity index (χ1) is 12.1. The van der Waals surface area contributed by atoms with E-state index in [-0.39, 0.29) is 33.4 Å². The highest BCUT2D eigenvalue weighted by Gasteiger charge is 2.31. The van der Waals surface area contributed by atoms with E-state index in [9.17, 15) is 13.2 Å². The van der Waals surface area contributed by atoms with Gasteiger partial charge in [-0.2, -0.15) is 0 Å². The molecule has 1 atom stereocenters. The third-order valence-electron chi connectivity index (χ3n) is 4.24. The van der Waals surface area contributed by atoms with Crippen molar-refractivity contribution in [1.82, 2.24) is 14.5 Å². The summed E-state index contributed by atoms with van der Waals surface area (Å²) in [7, 11) is -0.309. The summed E-state index contributed by atoms with van der Waals surface area (Å²) in [6.45, 7) is 1.74. The predicted molar refractivity (Wildman–Crippen MR) is 107 cm³/mol. The van der Waals surface area contributed by atoms with E-state index in [1.807, 2.05) is 0 Å². The molecule has 2 rings (SSSR count). The van der Waals surface area contributed by atoms with Crippen molar-refractivity contribution >= 4 is 55.1 Å². The van der Waals surface area contributed by atoms with Crippen LogP contribution in [-0.4, -0.2) is 63.9 Å². The van der Waals surface area contributed by atoms with Crippen LogP contribution < -0.4 is 4.72 Å². The number of halogens is 3. The van der Waals surface area contributed by atoms with E-state index >= 15 is 0 Å². The van der Waals surface area contributed by atoms with Crippen LogP contribution in [0.2, 0.25) is 10.0 Å². The predicted octanol–water partition coefficient (Wildman–Crippen LogP) is 2.98. The zero-order valence-electron chi connectivity index (χ0n) is 14.6. The van der Waals surface area contributed by atoms with Gasteiger partial charge in [-0.05, 0) is 37.9 Å². The Balaban J connectivity index is 1.92. The largest absolute Gasteiger partial charge is 0.347 e. The first-order valence-electron chi connectivity index (χ1n) is 8.23. The van der Waals surface area contributed by atoms with Crippen LogP contribution in [0.3, 0.4) is 0 Å². The number of nitrogens with one attached hydrogen (secondary N) is 1. The summed E-state index contributed by atoms with van der Waals surface area (Å²) in [6, 6.07) is 2.87. The molecular weight excluding hydrogens is 465 g/mol. The molecule has 1 heterocycles. The number of likely N-dealkylation sites (N-methyl/N-ethyl adjacent to an activating group) is 1. The maximum Gasteiger partial charge on any atom is 0.243 e. The first-order valence-corrected chi connectivity index (χ1v) is 11.3. The zero-order chi connectivity index (χ0) is 19.5. The van der Waals surface area contributed by atoms with Crippen LogP contribution in [0, 0.1) is 0 Å². The smallest absolute Gasteiger partial charge is 0.243 e. The number of carbonyl (C=O) groups excluding carboxylic acids is 1. The van der Waals surface area contributed by atoms with Crippen molar-refractivity contribution in [3.05, 3.63) is 26.7 Å². The molecule has 0 bridgehead atoms. The van der Waals surface area contributed by atoms with Crippen LogP contribution in [0.1, 0.15) is 19.3 Å². The van der Waals surface area contributed by atoms with Gasteiger partial charge in [0.1, 0.15) is 4.90 Å². The van der Waals surface area contributed by atoms with E-state index in [0.29, 0.717) is 17.4 Å². The van der Waals surface area contributed by atoms with Gasteiger partial charge in [-0.3, -0.25) is 9.69 Å². The molecule has 1 unspecified atom stereocenters. The standard InChI is InChI=1S/C16H22BrCl2N3O3S/c1-21(2)16(23)14-5-3-7-22(14)8-4-6-20-26(24,25)15-12(18)9-11(17)10-13(15)19/h9-10,14,20H,3-8H2,1-2H3. The molecule has 0 radical (unpaired) electrons. The number of likely N-dealkylation sites (tertiary alicyclic amines) is 1. The molecule has 0 saturated carbocycles. The Morgan fingerprint density at radius 3 is 2.54 bits per heavy atom. The van der Waals surface area contributed by atoms with Crippen molar-refractivity contribution in [3.8, 4) is 0 Å². The van der Waals surface area contributed by atoms with Gasteiger partial charge in [-0.1, -0.05) is 39.1 Å². The molecule has 0 aromatic heterocycles. The average molecular weight is 487 g/mol. The van der Waals surface area contributed by atoms with Gasteiger partial charge in [0, 0.05) is 31.7 Å². The molecular formula is C16H22BrCl2N3O3S. The van der Waals surface area contributed by atoms with Gasteiger partial charge in [0.2, 0.25) is 15.9 Å². The van der Waals surface area contributed by atoms with Crippen molar-refractivity contribution in [2.24, 2.45) is 0 Å². The second-order valence-corrected chi connectivity index (χ2v) is 9.81. The highest BCUT2D eigenvalue weighted by molar-refractivity contribution is 9.10. The van der Waals surface area contributed by atoms with E-state index in [2.05, 4.69) is 25.6 Å². The molecule has 1 fully saturated rings. The lowest BCUT2D eigenvalue weighted by Crippen LogP contribution is -2.43. The van der Waals surface area contributed by atoms with E-state index in [4.69, 9.17) is 23.2 Å². The highest BCUT2D eigenvalue weighted by Crippen LogP contribution is 2.32. The summed E-state index contributed by atoms with van der Waals surface area (Å²) in [5.74, 6) is 0.0940. The normalized spacial score (nSPS) is 18.3. The quantitative estimate of drug-likeness (QED) is 0.601. The lowest BCUT2D eigenvalue weighted by atomic mass is 10.2. The monoisotopic (exact) mass is 485 g/mol. The van der Waals surface area contributed by atoms with Gasteiger partial charge in [-0.25, -0.2) is 13.1 Å². The molecule has 146 valence electrons. The molecule has 1 N–H and O–H groups in total. The number of rotatable bonds is 7. The molecule has 26 heavy (non-hydrogen) atoms. The minimum atomic E-state index is -3.81.